The van der Waals surface area contributed by atoms with Gasteiger partial charge in [0, 0.05) is 18.3 Å². The van der Waals surface area contributed by atoms with Crippen LogP contribution in [0.2, 0.25) is 0 Å². The van der Waals surface area contributed by atoms with Crippen LogP contribution < -0.4 is 25.5 Å². The molecule has 1 heterocycles. The average molecular weight is 580 g/mol. The molecule has 0 saturated heterocycles. The SMILES string of the molecule is CC(=Nc1c(C)n(C)n(-c2ccccc2)c1=O)c1ccccc1O[Si](c1ccccc1)(c1ccccc1)c1ccccc1. The van der Waals surface area contributed by atoms with E-state index < -0.39 is 8.32 Å². The van der Waals surface area contributed by atoms with Gasteiger partial charge in [0.05, 0.1) is 11.4 Å². The summed E-state index contributed by atoms with van der Waals surface area (Å²) in [5.74, 6) is 0.726. The molecule has 0 bridgehead atoms. The van der Waals surface area contributed by atoms with Gasteiger partial charge in [-0.25, -0.2) is 9.67 Å². The van der Waals surface area contributed by atoms with E-state index in [-0.39, 0.29) is 5.56 Å². The Morgan fingerprint density at radius 1 is 0.651 bits per heavy atom. The van der Waals surface area contributed by atoms with E-state index in [1.165, 1.54) is 0 Å². The molecule has 0 amide bonds. The summed E-state index contributed by atoms with van der Waals surface area (Å²) in [6.45, 7) is 3.87. The fourth-order valence-corrected chi connectivity index (χ4v) is 9.47. The third-order valence-corrected chi connectivity index (χ3v) is 11.8. The molecule has 1 aromatic heterocycles. The molecule has 0 N–H and O–H groups in total. The van der Waals surface area contributed by atoms with Crippen molar-refractivity contribution < 1.29 is 4.43 Å². The first kappa shape index (κ1) is 27.9. The van der Waals surface area contributed by atoms with Gasteiger partial charge in [-0.2, -0.15) is 0 Å². The largest absolute Gasteiger partial charge is 0.530 e. The maximum Gasteiger partial charge on any atom is 0.346 e. The lowest BCUT2D eigenvalue weighted by Gasteiger charge is -2.34. The highest BCUT2D eigenvalue weighted by Gasteiger charge is 2.44. The summed E-state index contributed by atoms with van der Waals surface area (Å²) >= 11 is 0. The number of hydrogen-bond acceptors (Lipinski definition) is 3. The Hall–Kier alpha value is -5.20. The van der Waals surface area contributed by atoms with E-state index in [1.807, 2.05) is 98.4 Å². The number of rotatable bonds is 8. The maximum atomic E-state index is 13.7. The zero-order valence-electron chi connectivity index (χ0n) is 24.5. The lowest BCUT2D eigenvalue weighted by Crippen LogP contribution is -2.71. The molecule has 5 nitrogen and oxygen atoms in total. The summed E-state index contributed by atoms with van der Waals surface area (Å²) in [5, 5.41) is 3.42. The standard InChI is InChI=1S/C37H33N3O2Si/c1-28(38-36-29(2)39(3)40(37(36)41)30-18-8-4-9-19-30)34-26-16-17-27-35(34)42-43(31-20-10-5-11-21-31,32-22-12-6-13-23-32)33-24-14-7-15-25-33/h4-27H,1-3H3. The fraction of sp³-hybridized carbons (Fsp3) is 0.0811. The topological polar surface area (TPSA) is 48.5 Å². The Bertz CT molecular complexity index is 1830. The molecule has 0 aliphatic carbocycles. The van der Waals surface area contributed by atoms with E-state index in [9.17, 15) is 4.79 Å². The van der Waals surface area contributed by atoms with Gasteiger partial charge in [0.2, 0.25) is 0 Å². The van der Waals surface area contributed by atoms with Gasteiger partial charge in [-0.15, -0.1) is 0 Å². The normalized spacial score (nSPS) is 11.8. The van der Waals surface area contributed by atoms with Gasteiger partial charge in [-0.05, 0) is 53.7 Å². The quantitative estimate of drug-likeness (QED) is 0.133. The Labute approximate surface area is 253 Å². The van der Waals surface area contributed by atoms with Crippen LogP contribution in [-0.2, 0) is 7.05 Å². The molecule has 0 saturated carbocycles. The summed E-state index contributed by atoms with van der Waals surface area (Å²) in [5.41, 5.74) is 3.38. The van der Waals surface area contributed by atoms with E-state index in [2.05, 4.69) is 72.8 Å². The smallest absolute Gasteiger partial charge is 0.346 e. The molecule has 43 heavy (non-hydrogen) atoms. The Balaban J connectivity index is 1.52. The highest BCUT2D eigenvalue weighted by Crippen LogP contribution is 2.26. The summed E-state index contributed by atoms with van der Waals surface area (Å²) in [7, 11) is -1.15. The van der Waals surface area contributed by atoms with Gasteiger partial charge in [0.25, 0.3) is 5.56 Å². The number of aliphatic imine (C=N–C) groups is 1. The van der Waals surface area contributed by atoms with Crippen LogP contribution in [0, 0.1) is 6.92 Å². The fourth-order valence-electron chi connectivity index (χ4n) is 5.63. The van der Waals surface area contributed by atoms with Crippen LogP contribution in [0.4, 0.5) is 5.69 Å². The molecular weight excluding hydrogens is 547 g/mol. The predicted octanol–water partition coefficient (Wildman–Crippen LogP) is 5.67. The molecule has 0 fully saturated rings. The van der Waals surface area contributed by atoms with E-state index in [4.69, 9.17) is 9.42 Å². The predicted molar refractivity (Wildman–Crippen MR) is 179 cm³/mol. The van der Waals surface area contributed by atoms with E-state index in [1.54, 1.807) is 4.68 Å². The van der Waals surface area contributed by atoms with Crippen molar-refractivity contribution in [2.24, 2.45) is 12.0 Å². The maximum absolute atomic E-state index is 13.7. The van der Waals surface area contributed by atoms with Crippen LogP contribution in [0.3, 0.4) is 0 Å². The van der Waals surface area contributed by atoms with Crippen LogP contribution in [-0.4, -0.2) is 23.4 Å². The number of hydrogen-bond donors (Lipinski definition) is 0. The second kappa shape index (κ2) is 12.0. The number of nitrogens with zero attached hydrogens (tertiary/aromatic N) is 3. The van der Waals surface area contributed by atoms with E-state index >= 15 is 0 Å². The molecule has 0 atom stereocenters. The Morgan fingerprint density at radius 2 is 1.09 bits per heavy atom. The molecule has 212 valence electrons. The lowest BCUT2D eigenvalue weighted by molar-refractivity contribution is 0.575. The van der Waals surface area contributed by atoms with Crippen LogP contribution in [0.5, 0.6) is 5.75 Å². The number of para-hydroxylation sites is 2. The van der Waals surface area contributed by atoms with Crippen LogP contribution >= 0.6 is 0 Å². The van der Waals surface area contributed by atoms with Gasteiger partial charge in [-0.1, -0.05) is 121 Å². The Morgan fingerprint density at radius 3 is 1.60 bits per heavy atom. The monoisotopic (exact) mass is 579 g/mol. The van der Waals surface area contributed by atoms with Crippen molar-refractivity contribution in [3.05, 3.63) is 167 Å². The molecule has 0 spiro atoms. The molecule has 6 aromatic rings. The number of aromatic nitrogens is 2. The van der Waals surface area contributed by atoms with Crippen molar-refractivity contribution >= 4 is 35.3 Å². The van der Waals surface area contributed by atoms with Gasteiger partial charge in [0.1, 0.15) is 5.75 Å². The van der Waals surface area contributed by atoms with E-state index in [0.717, 1.165) is 38.3 Å². The van der Waals surface area contributed by atoms with Gasteiger partial charge < -0.3 is 4.43 Å². The third kappa shape index (κ3) is 5.17. The molecule has 0 unspecified atom stereocenters. The second-order valence-corrected chi connectivity index (χ2v) is 13.8. The van der Waals surface area contributed by atoms with Crippen LogP contribution in [0.25, 0.3) is 5.69 Å². The average Bonchev–Trinajstić information content (AvgIpc) is 3.28. The van der Waals surface area contributed by atoms with Crippen molar-refractivity contribution in [1.82, 2.24) is 9.36 Å². The van der Waals surface area contributed by atoms with Crippen molar-refractivity contribution in [1.29, 1.82) is 0 Å². The molecule has 5 aromatic carbocycles. The van der Waals surface area contributed by atoms with Gasteiger partial charge >= 0.3 is 8.32 Å². The molecular formula is C37H33N3O2Si. The van der Waals surface area contributed by atoms with Gasteiger partial charge in [-0.3, -0.25) is 9.48 Å². The van der Waals surface area contributed by atoms with Crippen LogP contribution in [0.1, 0.15) is 18.2 Å². The van der Waals surface area contributed by atoms with Gasteiger partial charge in [0.15, 0.2) is 5.69 Å². The molecule has 6 rings (SSSR count). The zero-order valence-corrected chi connectivity index (χ0v) is 25.5. The first-order valence-corrected chi connectivity index (χ1v) is 16.3. The number of benzene rings is 5. The highest BCUT2D eigenvalue weighted by atomic mass is 28.4. The van der Waals surface area contributed by atoms with E-state index in [0.29, 0.717) is 11.4 Å². The second-order valence-electron chi connectivity index (χ2n) is 10.5. The van der Waals surface area contributed by atoms with Crippen molar-refractivity contribution in [2.75, 3.05) is 0 Å². The molecule has 0 aliphatic rings. The Kier molecular flexibility index (Phi) is 7.77. The van der Waals surface area contributed by atoms with Crippen molar-refractivity contribution in [2.45, 2.75) is 13.8 Å². The summed E-state index contributed by atoms with van der Waals surface area (Å²) < 4.78 is 10.9. The summed E-state index contributed by atoms with van der Waals surface area (Å²) in [4.78, 5) is 18.6. The lowest BCUT2D eigenvalue weighted by atomic mass is 10.1. The summed E-state index contributed by atoms with van der Waals surface area (Å²) in [6.07, 6.45) is 0. The summed E-state index contributed by atoms with van der Waals surface area (Å²) in [6, 6.07) is 49.1. The zero-order chi connectivity index (χ0) is 29.8. The highest BCUT2D eigenvalue weighted by molar-refractivity contribution is 7.07. The van der Waals surface area contributed by atoms with Crippen molar-refractivity contribution in [3.63, 3.8) is 0 Å². The third-order valence-electron chi connectivity index (χ3n) is 7.88. The first-order valence-electron chi connectivity index (χ1n) is 14.3. The van der Waals surface area contributed by atoms with Crippen molar-refractivity contribution in [3.8, 4) is 11.4 Å². The molecule has 0 radical (unpaired) electrons. The first-order chi connectivity index (χ1) is 21.0. The minimum absolute atomic E-state index is 0.162. The molecule has 0 aliphatic heterocycles. The minimum Gasteiger partial charge on any atom is -0.530 e. The van der Waals surface area contributed by atoms with Crippen LogP contribution in [0.15, 0.2) is 155 Å². The minimum atomic E-state index is -3.03. The molecule has 6 heteroatoms.